The van der Waals surface area contributed by atoms with Gasteiger partial charge in [0.2, 0.25) is 0 Å². The van der Waals surface area contributed by atoms with E-state index in [4.69, 9.17) is 9.84 Å². The number of hydrogen-bond donors (Lipinski definition) is 1. The molecule has 84 valence electrons. The molecule has 1 fully saturated rings. The van der Waals surface area contributed by atoms with Crippen LogP contribution in [0.2, 0.25) is 0 Å². The van der Waals surface area contributed by atoms with Crippen LogP contribution in [0, 0.1) is 0 Å². The molecule has 1 N–H and O–H groups in total. The average molecular weight is 200 g/mol. The molecule has 14 heavy (non-hydrogen) atoms. The molecular weight excluding hydrogens is 176 g/mol. The molecule has 0 saturated carbocycles. The Hall–Kier alpha value is -0.0800. The van der Waals surface area contributed by atoms with Gasteiger partial charge in [-0.15, -0.1) is 0 Å². The lowest BCUT2D eigenvalue weighted by Crippen LogP contribution is -1.95. The Morgan fingerprint density at radius 1 is 0.929 bits per heavy atom. The highest BCUT2D eigenvalue weighted by Gasteiger charge is 2.36. The van der Waals surface area contributed by atoms with E-state index in [2.05, 4.69) is 6.92 Å². The van der Waals surface area contributed by atoms with Crippen LogP contribution in [0.4, 0.5) is 0 Å². The van der Waals surface area contributed by atoms with Gasteiger partial charge in [-0.1, -0.05) is 39.0 Å². The van der Waals surface area contributed by atoms with Crippen LogP contribution in [0.3, 0.4) is 0 Å². The zero-order valence-corrected chi connectivity index (χ0v) is 9.37. The number of aliphatic hydroxyl groups excluding tert-OH is 1. The number of epoxide rings is 1. The predicted octanol–water partition coefficient (Wildman–Crippen LogP) is 2.89. The second-order valence-electron chi connectivity index (χ2n) is 4.28. The standard InChI is InChI=1S/C12H24O2/c1-2-3-5-8-11-12(14-11)9-6-4-7-10-13/h11-13H,2-10H2,1H3. The maximum Gasteiger partial charge on any atom is 0.0841 e. The van der Waals surface area contributed by atoms with Crippen molar-refractivity contribution in [3.8, 4) is 0 Å². The van der Waals surface area contributed by atoms with Gasteiger partial charge in [-0.2, -0.15) is 0 Å². The Balaban J connectivity index is 1.82. The van der Waals surface area contributed by atoms with Crippen LogP contribution in [0.1, 0.15) is 58.3 Å². The minimum Gasteiger partial charge on any atom is -0.396 e. The lowest BCUT2D eigenvalue weighted by Gasteiger charge is -1.96. The Labute approximate surface area is 87.7 Å². The third-order valence-corrected chi connectivity index (χ3v) is 2.93. The van der Waals surface area contributed by atoms with Crippen LogP contribution >= 0.6 is 0 Å². The van der Waals surface area contributed by atoms with E-state index in [9.17, 15) is 0 Å². The minimum atomic E-state index is 0.339. The molecular formula is C12H24O2. The quantitative estimate of drug-likeness (QED) is 0.458. The van der Waals surface area contributed by atoms with Gasteiger partial charge in [0.25, 0.3) is 0 Å². The lowest BCUT2D eigenvalue weighted by atomic mass is 10.1. The highest BCUT2D eigenvalue weighted by molar-refractivity contribution is 4.84. The molecule has 0 radical (unpaired) electrons. The molecule has 2 heteroatoms. The summed E-state index contributed by atoms with van der Waals surface area (Å²) in [5.41, 5.74) is 0. The molecule has 1 heterocycles. The van der Waals surface area contributed by atoms with Crippen LogP contribution in [-0.2, 0) is 4.74 Å². The second kappa shape index (κ2) is 7.24. The summed E-state index contributed by atoms with van der Waals surface area (Å²) in [6.45, 7) is 2.57. The molecule has 0 aromatic heterocycles. The van der Waals surface area contributed by atoms with Gasteiger partial charge in [-0.05, 0) is 19.3 Å². The number of ether oxygens (including phenoxy) is 1. The van der Waals surface area contributed by atoms with Crippen molar-refractivity contribution in [2.75, 3.05) is 6.61 Å². The molecule has 2 nitrogen and oxygen atoms in total. The van der Waals surface area contributed by atoms with Gasteiger partial charge in [-0.3, -0.25) is 0 Å². The summed E-state index contributed by atoms with van der Waals surface area (Å²) >= 11 is 0. The molecule has 0 spiro atoms. The van der Waals surface area contributed by atoms with Crippen LogP contribution in [0.25, 0.3) is 0 Å². The van der Waals surface area contributed by atoms with E-state index < -0.39 is 0 Å². The first-order valence-corrected chi connectivity index (χ1v) is 6.14. The van der Waals surface area contributed by atoms with Gasteiger partial charge >= 0.3 is 0 Å². The fraction of sp³-hybridized carbons (Fsp3) is 1.00. The summed E-state index contributed by atoms with van der Waals surface area (Å²) in [6, 6.07) is 0. The number of rotatable bonds is 9. The van der Waals surface area contributed by atoms with Crippen molar-refractivity contribution in [1.29, 1.82) is 0 Å². The molecule has 2 unspecified atom stereocenters. The fourth-order valence-electron chi connectivity index (χ4n) is 1.92. The zero-order chi connectivity index (χ0) is 10.2. The summed E-state index contributed by atoms with van der Waals surface area (Å²) in [5.74, 6) is 0. The normalized spacial score (nSPS) is 25.3. The Morgan fingerprint density at radius 2 is 1.57 bits per heavy atom. The maximum atomic E-state index is 8.61. The molecule has 1 aliphatic rings. The number of hydrogen-bond acceptors (Lipinski definition) is 2. The lowest BCUT2D eigenvalue weighted by molar-refractivity contribution is 0.280. The van der Waals surface area contributed by atoms with Crippen LogP contribution in [0.5, 0.6) is 0 Å². The van der Waals surface area contributed by atoms with E-state index in [-0.39, 0.29) is 0 Å². The van der Waals surface area contributed by atoms with Crippen molar-refractivity contribution in [3.63, 3.8) is 0 Å². The molecule has 1 saturated heterocycles. The highest BCUT2D eigenvalue weighted by Crippen LogP contribution is 2.31. The van der Waals surface area contributed by atoms with Gasteiger partial charge < -0.3 is 9.84 Å². The highest BCUT2D eigenvalue weighted by atomic mass is 16.6. The van der Waals surface area contributed by atoms with E-state index in [1.54, 1.807) is 0 Å². The summed E-state index contributed by atoms with van der Waals surface area (Å²) in [6.07, 6.45) is 10.9. The van der Waals surface area contributed by atoms with E-state index in [0.29, 0.717) is 18.8 Å². The number of aliphatic hydroxyl groups is 1. The van der Waals surface area contributed by atoms with E-state index in [1.807, 2.05) is 0 Å². The van der Waals surface area contributed by atoms with Crippen LogP contribution < -0.4 is 0 Å². The first-order valence-electron chi connectivity index (χ1n) is 6.14. The van der Waals surface area contributed by atoms with Gasteiger partial charge in [-0.25, -0.2) is 0 Å². The third-order valence-electron chi connectivity index (χ3n) is 2.93. The van der Waals surface area contributed by atoms with Gasteiger partial charge in [0, 0.05) is 6.61 Å². The van der Waals surface area contributed by atoms with Crippen molar-refractivity contribution in [2.24, 2.45) is 0 Å². The van der Waals surface area contributed by atoms with Crippen LogP contribution in [0.15, 0.2) is 0 Å². The Morgan fingerprint density at radius 3 is 2.14 bits per heavy atom. The van der Waals surface area contributed by atoms with Gasteiger partial charge in [0.05, 0.1) is 12.2 Å². The first-order chi connectivity index (χ1) is 6.88. The molecule has 1 rings (SSSR count). The largest absolute Gasteiger partial charge is 0.396 e. The molecule has 0 aromatic carbocycles. The minimum absolute atomic E-state index is 0.339. The predicted molar refractivity (Wildman–Crippen MR) is 58.4 cm³/mol. The molecule has 1 aliphatic heterocycles. The van der Waals surface area contributed by atoms with Gasteiger partial charge in [0.15, 0.2) is 0 Å². The summed E-state index contributed by atoms with van der Waals surface area (Å²) in [5, 5.41) is 8.61. The number of unbranched alkanes of at least 4 members (excludes halogenated alkanes) is 4. The molecule has 0 amide bonds. The average Bonchev–Trinajstić information content (AvgIpc) is 2.92. The smallest absolute Gasteiger partial charge is 0.0841 e. The Bertz CT molecular complexity index is 136. The van der Waals surface area contributed by atoms with E-state index in [0.717, 1.165) is 12.8 Å². The maximum absolute atomic E-state index is 8.61. The summed E-state index contributed by atoms with van der Waals surface area (Å²) < 4.78 is 5.58. The molecule has 0 aromatic rings. The van der Waals surface area contributed by atoms with Crippen molar-refractivity contribution in [1.82, 2.24) is 0 Å². The van der Waals surface area contributed by atoms with Crippen molar-refractivity contribution >= 4 is 0 Å². The first kappa shape index (κ1) is 12.0. The Kier molecular flexibility index (Phi) is 6.20. The second-order valence-corrected chi connectivity index (χ2v) is 4.28. The monoisotopic (exact) mass is 200 g/mol. The van der Waals surface area contributed by atoms with E-state index >= 15 is 0 Å². The molecule has 2 atom stereocenters. The topological polar surface area (TPSA) is 32.8 Å². The third kappa shape index (κ3) is 4.97. The molecule has 0 aliphatic carbocycles. The van der Waals surface area contributed by atoms with Crippen molar-refractivity contribution in [2.45, 2.75) is 70.5 Å². The van der Waals surface area contributed by atoms with Gasteiger partial charge in [0.1, 0.15) is 0 Å². The summed E-state index contributed by atoms with van der Waals surface area (Å²) in [4.78, 5) is 0. The SMILES string of the molecule is CCCCCC1OC1CCCCCO. The fourth-order valence-corrected chi connectivity index (χ4v) is 1.92. The van der Waals surface area contributed by atoms with Crippen molar-refractivity contribution < 1.29 is 9.84 Å². The summed E-state index contributed by atoms with van der Waals surface area (Å²) in [7, 11) is 0. The van der Waals surface area contributed by atoms with Crippen LogP contribution in [-0.4, -0.2) is 23.9 Å². The van der Waals surface area contributed by atoms with Crippen molar-refractivity contribution in [3.05, 3.63) is 0 Å². The van der Waals surface area contributed by atoms with E-state index in [1.165, 1.54) is 38.5 Å². The molecule has 0 bridgehead atoms. The zero-order valence-electron chi connectivity index (χ0n) is 9.37.